The second-order valence-corrected chi connectivity index (χ2v) is 2.81. The molecule has 0 saturated heterocycles. The quantitative estimate of drug-likeness (QED) is 0.668. The van der Waals surface area contributed by atoms with E-state index in [-0.39, 0.29) is 6.54 Å². The molecular weight excluding hydrogens is 181 g/mol. The van der Waals surface area contributed by atoms with Gasteiger partial charge in [-0.15, -0.1) is 0 Å². The first kappa shape index (κ1) is 10.9. The van der Waals surface area contributed by atoms with Crippen molar-refractivity contribution in [1.29, 1.82) is 0 Å². The summed E-state index contributed by atoms with van der Waals surface area (Å²) in [7, 11) is 6.54. The van der Waals surface area contributed by atoms with Crippen molar-refractivity contribution in [2.24, 2.45) is 5.73 Å². The second-order valence-electron chi connectivity index (χ2n) is 2.81. The lowest BCUT2D eigenvalue weighted by Gasteiger charge is -2.12. The standard InChI is InChI=1S/C9H12BNO3/c1-13-7-2-6(9(12)5-11)3-8(4-7)14-10/h2-4,9,12H,5,11H2,1H3. The fraction of sp³-hybridized carbons (Fsp3) is 0.333. The Bertz CT molecular complexity index is 284. The molecular formula is C9H12BNO3. The van der Waals surface area contributed by atoms with Crippen molar-refractivity contribution in [3.05, 3.63) is 23.8 Å². The molecule has 5 heteroatoms. The molecule has 14 heavy (non-hydrogen) atoms. The predicted octanol–water partition coefficient (Wildman–Crippen LogP) is 0.150. The highest BCUT2D eigenvalue weighted by Gasteiger charge is 2.08. The number of rotatable bonds is 4. The Kier molecular flexibility index (Phi) is 3.79. The minimum atomic E-state index is -0.737. The number of aliphatic hydroxyl groups is 1. The van der Waals surface area contributed by atoms with Crippen LogP contribution in [0.4, 0.5) is 0 Å². The van der Waals surface area contributed by atoms with E-state index in [2.05, 4.69) is 4.65 Å². The van der Waals surface area contributed by atoms with E-state index in [1.807, 2.05) is 0 Å². The van der Waals surface area contributed by atoms with E-state index < -0.39 is 6.10 Å². The van der Waals surface area contributed by atoms with E-state index in [4.69, 9.17) is 18.5 Å². The van der Waals surface area contributed by atoms with Gasteiger partial charge in [0.2, 0.25) is 0 Å². The molecule has 74 valence electrons. The van der Waals surface area contributed by atoms with Gasteiger partial charge in [-0.05, 0) is 17.7 Å². The maximum absolute atomic E-state index is 9.49. The number of ether oxygens (including phenoxy) is 1. The molecule has 0 spiro atoms. The Morgan fingerprint density at radius 2 is 2.07 bits per heavy atom. The third-order valence-corrected chi connectivity index (χ3v) is 1.88. The van der Waals surface area contributed by atoms with Gasteiger partial charge in [-0.2, -0.15) is 0 Å². The molecule has 3 N–H and O–H groups in total. The van der Waals surface area contributed by atoms with Crippen LogP contribution >= 0.6 is 0 Å². The summed E-state index contributed by atoms with van der Waals surface area (Å²) in [6.45, 7) is 0.136. The minimum Gasteiger partial charge on any atom is -0.568 e. The Hall–Kier alpha value is -1.20. The molecule has 0 aliphatic rings. The molecule has 0 bridgehead atoms. The van der Waals surface area contributed by atoms with Crippen LogP contribution in [0.2, 0.25) is 0 Å². The summed E-state index contributed by atoms with van der Waals surface area (Å²) in [5, 5.41) is 9.49. The number of aliphatic hydroxyl groups excluding tert-OH is 1. The zero-order valence-corrected chi connectivity index (χ0v) is 7.93. The lowest BCUT2D eigenvalue weighted by molar-refractivity contribution is 0.186. The second kappa shape index (κ2) is 4.88. The van der Waals surface area contributed by atoms with E-state index in [0.717, 1.165) is 0 Å². The predicted molar refractivity (Wildman–Crippen MR) is 53.4 cm³/mol. The molecule has 0 aromatic heterocycles. The largest absolute Gasteiger partial charge is 0.568 e. The van der Waals surface area contributed by atoms with Gasteiger partial charge in [0.25, 0.3) is 0 Å². The van der Waals surface area contributed by atoms with Crippen molar-refractivity contribution in [3.8, 4) is 11.5 Å². The monoisotopic (exact) mass is 193 g/mol. The molecule has 1 rings (SSSR count). The fourth-order valence-electron chi connectivity index (χ4n) is 1.11. The molecule has 1 atom stereocenters. The summed E-state index contributed by atoms with van der Waals surface area (Å²) in [4.78, 5) is 0. The number of hydrogen-bond donors (Lipinski definition) is 2. The van der Waals surface area contributed by atoms with E-state index >= 15 is 0 Å². The third kappa shape index (κ3) is 2.40. The Morgan fingerprint density at radius 3 is 2.57 bits per heavy atom. The zero-order valence-electron chi connectivity index (χ0n) is 7.93. The molecule has 1 aromatic rings. The molecule has 1 aromatic carbocycles. The van der Waals surface area contributed by atoms with Crippen molar-refractivity contribution in [3.63, 3.8) is 0 Å². The number of methoxy groups -OCH3 is 1. The summed E-state index contributed by atoms with van der Waals surface area (Å²) in [6.07, 6.45) is -0.737. The molecule has 0 aliphatic heterocycles. The molecule has 0 amide bonds. The molecule has 4 nitrogen and oxygen atoms in total. The van der Waals surface area contributed by atoms with Crippen molar-refractivity contribution in [1.82, 2.24) is 0 Å². The van der Waals surface area contributed by atoms with E-state index in [1.165, 1.54) is 7.11 Å². The van der Waals surface area contributed by atoms with Gasteiger partial charge in [-0.25, -0.2) is 0 Å². The molecule has 2 radical (unpaired) electrons. The van der Waals surface area contributed by atoms with Crippen LogP contribution in [0.1, 0.15) is 11.7 Å². The van der Waals surface area contributed by atoms with Gasteiger partial charge in [-0.3, -0.25) is 0 Å². The lowest BCUT2D eigenvalue weighted by atomic mass is 10.1. The Labute approximate surface area is 84.1 Å². The van der Waals surface area contributed by atoms with Crippen molar-refractivity contribution in [2.45, 2.75) is 6.10 Å². The van der Waals surface area contributed by atoms with Gasteiger partial charge in [0.15, 0.2) is 0 Å². The molecule has 1 unspecified atom stereocenters. The van der Waals surface area contributed by atoms with E-state index in [0.29, 0.717) is 17.1 Å². The minimum absolute atomic E-state index is 0.136. The van der Waals surface area contributed by atoms with Gasteiger partial charge < -0.3 is 20.2 Å². The van der Waals surface area contributed by atoms with Crippen LogP contribution in [0.15, 0.2) is 18.2 Å². The summed E-state index contributed by atoms with van der Waals surface area (Å²) in [5.74, 6) is 0.988. The van der Waals surface area contributed by atoms with Gasteiger partial charge in [-0.1, -0.05) is 0 Å². The van der Waals surface area contributed by atoms with Crippen molar-refractivity contribution in [2.75, 3.05) is 13.7 Å². The van der Waals surface area contributed by atoms with Crippen molar-refractivity contribution < 1.29 is 14.5 Å². The van der Waals surface area contributed by atoms with Gasteiger partial charge in [0, 0.05) is 12.6 Å². The first-order chi connectivity index (χ1) is 6.71. The first-order valence-corrected chi connectivity index (χ1v) is 4.15. The average Bonchev–Trinajstić information content (AvgIpc) is 2.27. The lowest BCUT2D eigenvalue weighted by Crippen LogP contribution is -2.11. The number of nitrogens with two attached hydrogens (primary N) is 1. The summed E-state index contributed by atoms with van der Waals surface area (Å²) >= 11 is 0. The van der Waals surface area contributed by atoms with Gasteiger partial charge >= 0.3 is 8.05 Å². The van der Waals surface area contributed by atoms with Crippen LogP contribution in [0, 0.1) is 0 Å². The highest BCUT2D eigenvalue weighted by Crippen LogP contribution is 2.25. The summed E-state index contributed by atoms with van der Waals surface area (Å²) in [6, 6.07) is 4.91. The zero-order chi connectivity index (χ0) is 10.6. The van der Waals surface area contributed by atoms with Crippen molar-refractivity contribution >= 4 is 8.05 Å². The first-order valence-electron chi connectivity index (χ1n) is 4.15. The smallest absolute Gasteiger partial charge is 0.374 e. The van der Waals surface area contributed by atoms with Crippen LogP contribution in [0.25, 0.3) is 0 Å². The average molecular weight is 193 g/mol. The fourth-order valence-corrected chi connectivity index (χ4v) is 1.11. The highest BCUT2D eigenvalue weighted by atomic mass is 16.5. The highest BCUT2D eigenvalue weighted by molar-refractivity contribution is 6.00. The summed E-state index contributed by atoms with van der Waals surface area (Å²) in [5.41, 5.74) is 5.94. The third-order valence-electron chi connectivity index (χ3n) is 1.88. The molecule has 0 aliphatic carbocycles. The molecule has 0 fully saturated rings. The van der Waals surface area contributed by atoms with Gasteiger partial charge in [0.05, 0.1) is 13.2 Å². The topological polar surface area (TPSA) is 64.7 Å². The maximum Gasteiger partial charge on any atom is 0.374 e. The molecule has 0 heterocycles. The number of hydrogen-bond acceptors (Lipinski definition) is 4. The molecule has 0 saturated carbocycles. The van der Waals surface area contributed by atoms with Crippen LogP contribution in [0.3, 0.4) is 0 Å². The van der Waals surface area contributed by atoms with Crippen LogP contribution < -0.4 is 15.1 Å². The Balaban J connectivity index is 3.04. The SMILES string of the molecule is [B]Oc1cc(OC)cc(C(O)CN)c1. The normalized spacial score (nSPS) is 12.2. The van der Waals surface area contributed by atoms with Crippen LogP contribution in [0.5, 0.6) is 11.5 Å². The number of benzene rings is 1. The van der Waals surface area contributed by atoms with E-state index in [9.17, 15) is 5.11 Å². The van der Waals surface area contributed by atoms with Crippen LogP contribution in [-0.4, -0.2) is 26.8 Å². The summed E-state index contributed by atoms with van der Waals surface area (Å²) < 4.78 is 9.56. The Morgan fingerprint density at radius 1 is 1.43 bits per heavy atom. The van der Waals surface area contributed by atoms with Crippen LogP contribution in [-0.2, 0) is 0 Å². The van der Waals surface area contributed by atoms with Gasteiger partial charge in [0.1, 0.15) is 11.5 Å². The maximum atomic E-state index is 9.49. The van der Waals surface area contributed by atoms with E-state index in [1.54, 1.807) is 18.2 Å².